The Balaban J connectivity index is 1.61. The number of benzene rings is 2. The summed E-state index contributed by atoms with van der Waals surface area (Å²) in [6.07, 6.45) is 0. The lowest BCUT2D eigenvalue weighted by Crippen LogP contribution is -2.72. The Hall–Kier alpha value is -2.94. The van der Waals surface area contributed by atoms with E-state index >= 15 is 0 Å². The zero-order chi connectivity index (χ0) is 28.4. The monoisotopic (exact) mass is 533 g/mol. The quantitative estimate of drug-likeness (QED) is 0.307. The van der Waals surface area contributed by atoms with Gasteiger partial charge in [0.1, 0.15) is 47.1 Å². The van der Waals surface area contributed by atoms with E-state index < -0.39 is 51.0 Å². The van der Waals surface area contributed by atoms with Crippen molar-refractivity contribution in [1.82, 2.24) is 15.5 Å². The molecule has 2 atom stereocenters. The summed E-state index contributed by atoms with van der Waals surface area (Å²) in [5.41, 5.74) is -0.335. The van der Waals surface area contributed by atoms with Crippen molar-refractivity contribution in [3.63, 3.8) is 0 Å². The molecule has 0 aromatic heterocycles. The molecule has 2 unspecified atom stereocenters. The zero-order valence-electron chi connectivity index (χ0n) is 22.0. The lowest BCUT2D eigenvalue weighted by molar-refractivity contribution is -0.147. The third kappa shape index (κ3) is 4.19. The van der Waals surface area contributed by atoms with Gasteiger partial charge in [0.15, 0.2) is 0 Å². The molecule has 190 valence electrons. The van der Waals surface area contributed by atoms with Crippen LogP contribution in [-0.4, -0.2) is 81.0 Å². The van der Waals surface area contributed by atoms with Crippen molar-refractivity contribution in [2.75, 3.05) is 0 Å². The minimum absolute atomic E-state index is 0.0846. The predicted molar refractivity (Wildman–Crippen MR) is 155 cm³/mol. The molecular weight excluding hydrogens is 509 g/mol. The molecule has 0 bridgehead atoms. The number of alkyl halides is 2. The van der Waals surface area contributed by atoms with Gasteiger partial charge in [-0.05, 0) is 29.3 Å². The third-order valence-electron chi connectivity index (χ3n) is 8.50. The molecule has 0 radical (unpaired) electrons. The first kappa shape index (κ1) is 28.1. The molecule has 2 heterocycles. The van der Waals surface area contributed by atoms with Crippen molar-refractivity contribution >= 4 is 82.3 Å². The second-order valence-electron chi connectivity index (χ2n) is 11.3. The zero-order valence-corrected chi connectivity index (χ0v) is 22.8. The van der Waals surface area contributed by atoms with E-state index in [9.17, 15) is 28.0 Å². The number of hydrogen-bond acceptors (Lipinski definition) is 4. The largest absolute Gasteiger partial charge is 0.357 e. The molecule has 2 aliphatic rings. The minimum atomic E-state index is -3.80. The molecule has 2 aliphatic heterocycles. The number of hydrogen-bond donors (Lipinski definition) is 2. The lowest BCUT2D eigenvalue weighted by atomic mass is 9.31. The first-order chi connectivity index (χ1) is 17.4. The topological polar surface area (TPSA) is 95.6 Å². The van der Waals surface area contributed by atoms with Crippen molar-refractivity contribution in [1.29, 1.82) is 0 Å². The number of rotatable bonds is 5. The summed E-state index contributed by atoms with van der Waals surface area (Å²) in [6, 6.07) is 9.63. The standard InChI is InChI=1S/C22H24B6ClF2N3O4/c23-14-15(35)32-18(38)21(26,20(14,24)25)34-8-9-7-11(3-6-13(9)16(34)36)22(27,28)33-17(37)19(30,31)10-1-4-12(29)5-2-10/h1-7,14H,8,23-28H2,(H,33,37)(H,32,35,38). The van der Waals surface area contributed by atoms with Gasteiger partial charge < -0.3 is 10.2 Å². The molecule has 0 saturated carbocycles. The smallest absolute Gasteiger partial charge is 0.349 e. The number of carbonyl (C=O) groups is 4. The number of nitrogens with one attached hydrogen (secondary N) is 2. The van der Waals surface area contributed by atoms with Crippen molar-refractivity contribution in [3.8, 4) is 0 Å². The molecule has 4 rings (SSSR count). The van der Waals surface area contributed by atoms with Crippen LogP contribution in [0.5, 0.6) is 0 Å². The summed E-state index contributed by atoms with van der Waals surface area (Å²) in [6.45, 7) is 0.0846. The molecule has 1 fully saturated rings. The molecule has 7 nitrogen and oxygen atoms in total. The van der Waals surface area contributed by atoms with Crippen molar-refractivity contribution in [2.45, 2.75) is 34.3 Å². The highest BCUT2D eigenvalue weighted by Gasteiger charge is 2.60. The molecule has 16 heteroatoms. The average Bonchev–Trinajstić information content (AvgIpc) is 3.18. The number of amides is 4. The van der Waals surface area contributed by atoms with Gasteiger partial charge in [-0.3, -0.25) is 24.5 Å². The van der Waals surface area contributed by atoms with Crippen LogP contribution in [0.15, 0.2) is 42.5 Å². The maximum Gasteiger partial charge on any atom is 0.349 e. The highest BCUT2D eigenvalue weighted by molar-refractivity contribution is 6.57. The van der Waals surface area contributed by atoms with E-state index in [4.69, 9.17) is 11.6 Å². The SMILES string of the molecule is BC1C(=O)NC(=O)C(B)(N2Cc3cc(C(B)(B)NC(=O)C(F)(F)c4ccc(Cl)cc4)ccc3C2=O)C1(B)B. The summed E-state index contributed by atoms with van der Waals surface area (Å²) >= 11 is 5.78. The molecular formula is C22H24B6ClF2N3O4. The van der Waals surface area contributed by atoms with Crippen molar-refractivity contribution in [3.05, 3.63) is 69.7 Å². The van der Waals surface area contributed by atoms with Gasteiger partial charge in [0, 0.05) is 33.8 Å². The second-order valence-corrected chi connectivity index (χ2v) is 11.7. The molecule has 0 aliphatic carbocycles. The fraction of sp³-hybridized carbons (Fsp3) is 0.273. The van der Waals surface area contributed by atoms with Gasteiger partial charge in [0.2, 0.25) is 11.8 Å². The lowest BCUT2D eigenvalue weighted by Gasteiger charge is -2.54. The number of carbonyl (C=O) groups excluding carboxylic acids is 4. The van der Waals surface area contributed by atoms with Crippen LogP contribution in [0.25, 0.3) is 0 Å². The highest BCUT2D eigenvalue weighted by Crippen LogP contribution is 2.49. The number of imide groups is 1. The summed E-state index contributed by atoms with van der Waals surface area (Å²) in [4.78, 5) is 53.0. The van der Waals surface area contributed by atoms with Gasteiger partial charge in [-0.25, -0.2) is 0 Å². The number of halogens is 3. The van der Waals surface area contributed by atoms with Crippen LogP contribution in [0.4, 0.5) is 8.78 Å². The Bertz CT molecular complexity index is 1380. The normalized spacial score (nSPS) is 23.1. The van der Waals surface area contributed by atoms with Gasteiger partial charge in [-0.15, -0.1) is 0 Å². The van der Waals surface area contributed by atoms with Crippen LogP contribution in [0.1, 0.15) is 27.0 Å². The predicted octanol–water partition coefficient (Wildman–Crippen LogP) is -3.63. The first-order valence-corrected chi connectivity index (χ1v) is 12.6. The van der Waals surface area contributed by atoms with E-state index in [1.54, 1.807) is 65.3 Å². The Morgan fingerprint density at radius 1 is 1.05 bits per heavy atom. The molecule has 0 spiro atoms. The van der Waals surface area contributed by atoms with Crippen molar-refractivity contribution in [2.24, 2.45) is 0 Å². The Labute approximate surface area is 229 Å². The van der Waals surface area contributed by atoms with Crippen LogP contribution in [0, 0.1) is 0 Å². The molecule has 1 saturated heterocycles. The molecule has 2 N–H and O–H groups in total. The van der Waals surface area contributed by atoms with E-state index in [-0.39, 0.29) is 17.5 Å². The van der Waals surface area contributed by atoms with E-state index in [2.05, 4.69) is 10.6 Å². The minimum Gasteiger partial charge on any atom is -0.357 e. The van der Waals surface area contributed by atoms with Crippen molar-refractivity contribution < 1.29 is 28.0 Å². The van der Waals surface area contributed by atoms with Gasteiger partial charge in [0.25, 0.3) is 11.8 Å². The van der Waals surface area contributed by atoms with Crippen LogP contribution >= 0.6 is 11.6 Å². The highest BCUT2D eigenvalue weighted by atomic mass is 35.5. The molecule has 38 heavy (non-hydrogen) atoms. The van der Waals surface area contributed by atoms with E-state index in [0.717, 1.165) is 12.1 Å². The van der Waals surface area contributed by atoms with E-state index in [1.165, 1.54) is 17.0 Å². The van der Waals surface area contributed by atoms with Gasteiger partial charge in [-0.2, -0.15) is 8.78 Å². The maximum atomic E-state index is 14.9. The van der Waals surface area contributed by atoms with E-state index in [1.807, 2.05) is 0 Å². The summed E-state index contributed by atoms with van der Waals surface area (Å²) < 4.78 is 29.8. The molecule has 4 amide bonds. The molecule has 2 aromatic rings. The van der Waals surface area contributed by atoms with E-state index in [0.29, 0.717) is 16.7 Å². The average molecular weight is 533 g/mol. The van der Waals surface area contributed by atoms with Gasteiger partial charge in [-0.1, -0.05) is 41.1 Å². The maximum absolute atomic E-state index is 14.9. The fourth-order valence-corrected chi connectivity index (χ4v) is 5.28. The van der Waals surface area contributed by atoms with Crippen LogP contribution in [0.3, 0.4) is 0 Å². The first-order valence-electron chi connectivity index (χ1n) is 12.2. The summed E-state index contributed by atoms with van der Waals surface area (Å²) in [5.74, 6) is -7.12. The Morgan fingerprint density at radius 3 is 2.24 bits per heavy atom. The summed E-state index contributed by atoms with van der Waals surface area (Å²) in [5, 5.41) is 3.00. The Kier molecular flexibility index (Phi) is 6.70. The molecule has 2 aromatic carbocycles. The van der Waals surface area contributed by atoms with Gasteiger partial charge in [0.05, 0.1) is 5.44 Å². The number of nitrogens with zero attached hydrogens (tertiary/aromatic N) is 1. The summed E-state index contributed by atoms with van der Waals surface area (Å²) in [7, 11) is 10.1. The fourth-order valence-electron chi connectivity index (χ4n) is 5.15. The third-order valence-corrected chi connectivity index (χ3v) is 8.75. The number of piperidine rings is 1. The number of fused-ring (bicyclic) bond motifs is 1. The van der Waals surface area contributed by atoms with Crippen LogP contribution < -0.4 is 10.6 Å². The second kappa shape index (κ2) is 9.07. The van der Waals surface area contributed by atoms with Gasteiger partial charge >= 0.3 is 5.92 Å². The van der Waals surface area contributed by atoms with Crippen LogP contribution in [0.2, 0.25) is 16.1 Å². The van der Waals surface area contributed by atoms with Crippen LogP contribution in [-0.2, 0) is 32.2 Å². The Morgan fingerprint density at radius 2 is 1.63 bits per heavy atom.